The number of allylic oxidation sites excluding steroid dienone is 2. The van der Waals surface area contributed by atoms with Crippen LogP contribution >= 0.6 is 0 Å². The summed E-state index contributed by atoms with van der Waals surface area (Å²) in [5, 5.41) is 23.0. The molecule has 1 rings (SSSR count). The van der Waals surface area contributed by atoms with Crippen LogP contribution in [0.2, 0.25) is 0 Å². The Labute approximate surface area is 519 Å². The van der Waals surface area contributed by atoms with Crippen LogP contribution in [0.3, 0.4) is 0 Å². The Hall–Kier alpha value is -6.43. The van der Waals surface area contributed by atoms with Gasteiger partial charge in [-0.3, -0.25) is 52.7 Å². The molecule has 1 aliphatic heterocycles. The number of likely N-dealkylation sites (N-methyl/N-ethyl adjacent to an activating group) is 7. The first kappa shape index (κ1) is 78.6. The average molecular weight is 1230 g/mol. The van der Waals surface area contributed by atoms with Crippen molar-refractivity contribution in [2.75, 3.05) is 62.5 Å². The van der Waals surface area contributed by atoms with E-state index in [9.17, 15) is 48.3 Å². The predicted molar refractivity (Wildman–Crippen MR) is 335 cm³/mol. The summed E-state index contributed by atoms with van der Waals surface area (Å²) in [6.07, 6.45) is 3.20. The SMILES string of the molecule is C=CCO[C@H](C)[C@H]1C(=O)N[C@@H](C(C)C)C(=O)N(C)[C@@H](CC(C)C)C(=O)N[C@@H](C)C(=O)N[C@H](C)C(=O)N(C)[C@@H](CC(C)C)C(=O)N(C)[C@@H](CC(C)C)C(=O)N(C)[C@@H](C(C)C)C(=O)N(C)[C@@H]([C@H](O)[C@H](C)CC=CC)C(=O)N[C@@H](CC)C(=O)N(C)CC(=O)N1C. The summed E-state index contributed by atoms with van der Waals surface area (Å²) in [4.78, 5) is 169. The van der Waals surface area contributed by atoms with Crippen molar-refractivity contribution >= 4 is 65.0 Å². The first-order valence-corrected chi connectivity index (χ1v) is 30.8. The molecule has 87 heavy (non-hydrogen) atoms. The molecule has 0 saturated carbocycles. The summed E-state index contributed by atoms with van der Waals surface area (Å²) in [6, 6.07) is -12.8. The molecule has 24 heteroatoms. The molecular formula is C63H111N11O13. The largest absolute Gasteiger partial charge is 0.390 e. The first-order chi connectivity index (χ1) is 40.3. The van der Waals surface area contributed by atoms with E-state index in [1.165, 1.54) is 88.9 Å². The van der Waals surface area contributed by atoms with Gasteiger partial charge in [0.1, 0.15) is 60.4 Å². The van der Waals surface area contributed by atoms with Crippen LogP contribution < -0.4 is 21.3 Å². The van der Waals surface area contributed by atoms with Crippen molar-refractivity contribution in [2.45, 2.75) is 216 Å². The van der Waals surface area contributed by atoms with Gasteiger partial charge in [0.25, 0.3) is 0 Å². The van der Waals surface area contributed by atoms with Crippen LogP contribution in [0.4, 0.5) is 0 Å². The Balaban J connectivity index is 4.37. The fourth-order valence-electron chi connectivity index (χ4n) is 10.8. The third kappa shape index (κ3) is 22.0. The van der Waals surface area contributed by atoms with Gasteiger partial charge in [-0.2, -0.15) is 0 Å². The second-order valence-electron chi connectivity index (χ2n) is 25.7. The van der Waals surface area contributed by atoms with Gasteiger partial charge in [0.2, 0.25) is 65.0 Å². The summed E-state index contributed by atoms with van der Waals surface area (Å²) in [6.45, 7) is 30.6. The van der Waals surface area contributed by atoms with Crippen molar-refractivity contribution in [1.82, 2.24) is 55.6 Å². The lowest BCUT2D eigenvalue weighted by Crippen LogP contribution is -2.63. The van der Waals surface area contributed by atoms with Crippen LogP contribution in [0.1, 0.15) is 143 Å². The van der Waals surface area contributed by atoms with Crippen LogP contribution in [-0.4, -0.2) is 239 Å². The topological polar surface area (TPSA) is 288 Å². The second-order valence-corrected chi connectivity index (χ2v) is 25.7. The summed E-state index contributed by atoms with van der Waals surface area (Å²) < 4.78 is 5.90. The summed E-state index contributed by atoms with van der Waals surface area (Å²) in [5.74, 6) is -10.1. The van der Waals surface area contributed by atoms with Gasteiger partial charge >= 0.3 is 0 Å². The minimum absolute atomic E-state index is 0.00582. The van der Waals surface area contributed by atoms with Crippen molar-refractivity contribution in [2.24, 2.45) is 35.5 Å². The van der Waals surface area contributed by atoms with E-state index in [2.05, 4.69) is 27.8 Å². The molecule has 1 fully saturated rings. The van der Waals surface area contributed by atoms with E-state index >= 15 is 9.59 Å². The molecule has 1 saturated heterocycles. The maximum Gasteiger partial charge on any atom is 0.246 e. The minimum Gasteiger partial charge on any atom is -0.390 e. The highest BCUT2D eigenvalue weighted by Gasteiger charge is 2.46. The number of nitrogens with zero attached hydrogens (tertiary/aromatic N) is 7. The van der Waals surface area contributed by atoms with Gasteiger partial charge < -0.3 is 65.4 Å². The fraction of sp³-hybridized carbons (Fsp3) is 0.762. The Morgan fingerprint density at radius 1 is 0.529 bits per heavy atom. The number of carbonyl (C=O) groups excluding carboxylic acids is 11. The zero-order valence-electron chi connectivity index (χ0n) is 56.8. The zero-order chi connectivity index (χ0) is 67.4. The molecule has 0 radical (unpaired) electrons. The van der Waals surface area contributed by atoms with Gasteiger partial charge in [-0.05, 0) is 95.3 Å². The molecule has 0 aliphatic carbocycles. The molecular weight excluding hydrogens is 1120 g/mol. The minimum atomic E-state index is -1.63. The molecule has 0 aromatic carbocycles. The molecule has 0 unspecified atom stereocenters. The van der Waals surface area contributed by atoms with Crippen molar-refractivity contribution in [1.29, 1.82) is 0 Å². The van der Waals surface area contributed by atoms with Gasteiger partial charge in [-0.1, -0.05) is 101 Å². The Morgan fingerprint density at radius 3 is 1.46 bits per heavy atom. The molecule has 1 heterocycles. The van der Waals surface area contributed by atoms with E-state index in [4.69, 9.17) is 4.74 Å². The fourth-order valence-corrected chi connectivity index (χ4v) is 10.8. The van der Waals surface area contributed by atoms with Gasteiger partial charge in [0, 0.05) is 49.3 Å². The third-order valence-corrected chi connectivity index (χ3v) is 16.2. The quantitative estimate of drug-likeness (QED) is 0.131. The number of hydrogen-bond donors (Lipinski definition) is 5. The lowest BCUT2D eigenvalue weighted by molar-refractivity contribution is -0.157. The number of ether oxygens (including phenoxy) is 1. The molecule has 496 valence electrons. The molecule has 0 bridgehead atoms. The Morgan fingerprint density at radius 2 is 0.989 bits per heavy atom. The number of aliphatic hydroxyl groups excluding tert-OH is 1. The van der Waals surface area contributed by atoms with Gasteiger partial charge in [0.15, 0.2) is 0 Å². The molecule has 1 aliphatic rings. The number of amides is 11. The maximum absolute atomic E-state index is 15.2. The lowest BCUT2D eigenvalue weighted by Gasteiger charge is -2.41. The summed E-state index contributed by atoms with van der Waals surface area (Å²) in [5.41, 5.74) is 0. The van der Waals surface area contributed by atoms with Gasteiger partial charge in [-0.25, -0.2) is 0 Å². The van der Waals surface area contributed by atoms with E-state index in [1.807, 2.05) is 41.5 Å². The molecule has 5 N–H and O–H groups in total. The van der Waals surface area contributed by atoms with Crippen LogP contribution in [0.15, 0.2) is 24.8 Å². The molecule has 0 aromatic heterocycles. The normalized spacial score (nSPS) is 26.8. The van der Waals surface area contributed by atoms with Crippen molar-refractivity contribution in [3.8, 4) is 0 Å². The maximum atomic E-state index is 15.2. The molecule has 0 aromatic rings. The highest BCUT2D eigenvalue weighted by Crippen LogP contribution is 2.25. The predicted octanol–water partition coefficient (Wildman–Crippen LogP) is 2.81. The molecule has 24 nitrogen and oxygen atoms in total. The monoisotopic (exact) mass is 1230 g/mol. The van der Waals surface area contributed by atoms with Crippen molar-refractivity contribution < 1.29 is 62.6 Å². The van der Waals surface area contributed by atoms with Crippen molar-refractivity contribution in [3.05, 3.63) is 24.8 Å². The smallest absolute Gasteiger partial charge is 0.246 e. The number of hydrogen-bond acceptors (Lipinski definition) is 13. The van der Waals surface area contributed by atoms with Gasteiger partial charge in [-0.15, -0.1) is 6.58 Å². The van der Waals surface area contributed by atoms with Crippen molar-refractivity contribution in [3.63, 3.8) is 0 Å². The lowest BCUT2D eigenvalue weighted by atomic mass is 9.91. The number of aliphatic hydroxyl groups is 1. The first-order valence-electron chi connectivity index (χ1n) is 30.8. The second kappa shape index (κ2) is 36.1. The zero-order valence-corrected chi connectivity index (χ0v) is 56.8. The summed E-state index contributed by atoms with van der Waals surface area (Å²) >= 11 is 0. The standard InChI is InChI=1S/C63H111N11O13/c1-25-28-29-40(14)53(76)52-57(80)66-44(27-3)59(82)68(18)34-48(75)72(22)51(43(17)87-30-26-2)56(79)67-49(38(10)11)62(85)69(19)45(31-35(4)5)55(78)64-41(15)54(77)65-42(16)58(81)70(20)46(32-36(6)7)60(83)71(21)47(33-37(8)9)61(84)73(23)50(39(12)13)63(86)74(52)24/h25-26,28,35-47,49-53,76H,2,27,29-34H2,1,3-24H3,(H,64,78)(H,65,77)(H,66,80)(H,67,79)/t40-,41+,42-,43-,44+,45+,46+,47+,49+,50+,51+,52+,53-/m1/s1. The molecule has 13 atom stereocenters. The van der Waals surface area contributed by atoms with E-state index in [1.54, 1.807) is 67.5 Å². The Kier molecular flexibility index (Phi) is 32.7. The third-order valence-electron chi connectivity index (χ3n) is 16.2. The Bertz CT molecular complexity index is 2400. The number of carbonyl (C=O) groups is 11. The number of rotatable bonds is 17. The van der Waals surface area contributed by atoms with Crippen LogP contribution in [-0.2, 0) is 57.5 Å². The van der Waals surface area contributed by atoms with E-state index in [0.29, 0.717) is 6.42 Å². The van der Waals surface area contributed by atoms with Crippen LogP contribution in [0.5, 0.6) is 0 Å². The average Bonchev–Trinajstić information content (AvgIpc) is 1.82. The summed E-state index contributed by atoms with van der Waals surface area (Å²) in [7, 11) is 9.75. The van der Waals surface area contributed by atoms with Crippen LogP contribution in [0, 0.1) is 35.5 Å². The molecule has 0 spiro atoms. The molecule has 11 amide bonds. The van der Waals surface area contributed by atoms with E-state index < -0.39 is 162 Å². The highest BCUT2D eigenvalue weighted by molar-refractivity contribution is 5.99. The van der Waals surface area contributed by atoms with Gasteiger partial charge in [0.05, 0.1) is 25.4 Å². The van der Waals surface area contributed by atoms with E-state index in [-0.39, 0.29) is 50.0 Å². The van der Waals surface area contributed by atoms with Crippen LogP contribution in [0.25, 0.3) is 0 Å². The number of nitrogens with one attached hydrogen (secondary N) is 4. The van der Waals surface area contributed by atoms with E-state index in [0.717, 1.165) is 14.7 Å². The highest BCUT2D eigenvalue weighted by atomic mass is 16.5.